The van der Waals surface area contributed by atoms with Crippen molar-refractivity contribution in [2.45, 2.75) is 44.9 Å². The standard InChI is InChI=1S/C25H24FN5O6S/c1-10-8-31-19-12(7-25(21(31)11(2)36-10)15(32)6-16(33)28-24(25)35)5-13-18(29-37-20(13)17(19)26)22-27-14(9-38-22)23(34)30(3)4/h5,9-11,21H,6-8H2,1-4H3,(H,28,33,35)/t10-,11+,21-,25?/m1/s1. The van der Waals surface area contributed by atoms with Crippen molar-refractivity contribution < 1.29 is 32.8 Å². The van der Waals surface area contributed by atoms with Crippen molar-refractivity contribution in [2.24, 2.45) is 5.41 Å². The molecule has 11 nitrogen and oxygen atoms in total. The molecular weight excluding hydrogens is 517 g/mol. The Bertz CT molecular complexity index is 1530. The lowest BCUT2D eigenvalue weighted by atomic mass is 9.63. The SMILES string of the molecule is C[C@@H]1CN2c3c(cc4c(-c5nc(C(=O)N(C)C)cs5)noc4c3F)CC3(C(=O)CC(=O)NC3=O)[C@H]2[C@H](C)O1. The maximum atomic E-state index is 16.2. The van der Waals surface area contributed by atoms with Gasteiger partial charge >= 0.3 is 0 Å². The molecule has 3 aliphatic rings. The number of amides is 3. The summed E-state index contributed by atoms with van der Waals surface area (Å²) in [4.78, 5) is 58.7. The zero-order valence-electron chi connectivity index (χ0n) is 21.0. The molecule has 0 aliphatic carbocycles. The van der Waals surface area contributed by atoms with Gasteiger partial charge in [-0.2, -0.15) is 0 Å². The van der Waals surface area contributed by atoms with E-state index in [0.29, 0.717) is 16.0 Å². The Morgan fingerprint density at radius 1 is 1.29 bits per heavy atom. The highest BCUT2D eigenvalue weighted by Crippen LogP contribution is 2.50. The third kappa shape index (κ3) is 3.34. The monoisotopic (exact) mass is 541 g/mol. The molecule has 0 bridgehead atoms. The maximum Gasteiger partial charge on any atom is 0.272 e. The molecule has 0 saturated carbocycles. The lowest BCUT2D eigenvalue weighted by Crippen LogP contribution is -2.72. The first kappa shape index (κ1) is 24.6. The molecule has 38 heavy (non-hydrogen) atoms. The first-order valence-corrected chi connectivity index (χ1v) is 13.0. The van der Waals surface area contributed by atoms with Gasteiger partial charge in [0.15, 0.2) is 17.3 Å². The lowest BCUT2D eigenvalue weighted by Gasteiger charge is -2.55. The van der Waals surface area contributed by atoms with E-state index in [9.17, 15) is 19.2 Å². The number of morpholine rings is 1. The summed E-state index contributed by atoms with van der Waals surface area (Å²) in [6.45, 7) is 3.80. The van der Waals surface area contributed by atoms with Gasteiger partial charge in [-0.1, -0.05) is 5.16 Å². The molecule has 1 unspecified atom stereocenters. The fourth-order valence-corrected chi connectivity index (χ4v) is 6.80. The Kier molecular flexibility index (Phi) is 5.44. The van der Waals surface area contributed by atoms with Gasteiger partial charge < -0.3 is 19.1 Å². The zero-order chi connectivity index (χ0) is 27.1. The molecule has 2 aromatic heterocycles. The molecule has 6 rings (SSSR count). The van der Waals surface area contributed by atoms with Gasteiger partial charge in [0.25, 0.3) is 5.91 Å². The molecule has 2 saturated heterocycles. The number of carbonyl (C=O) groups is 4. The van der Waals surface area contributed by atoms with E-state index >= 15 is 4.39 Å². The maximum absolute atomic E-state index is 16.2. The number of Topliss-reactive ketones (excluding diaryl/α,β-unsaturated/α-hetero) is 1. The van der Waals surface area contributed by atoms with Crippen molar-refractivity contribution in [1.82, 2.24) is 20.4 Å². The van der Waals surface area contributed by atoms with Crippen LogP contribution in [0.1, 0.15) is 36.3 Å². The van der Waals surface area contributed by atoms with Crippen LogP contribution in [0.2, 0.25) is 0 Å². The second-order valence-electron chi connectivity index (χ2n) is 10.2. The van der Waals surface area contributed by atoms with Gasteiger partial charge in [-0.3, -0.25) is 24.5 Å². The highest BCUT2D eigenvalue weighted by Gasteiger charge is 2.62. The van der Waals surface area contributed by atoms with Crippen LogP contribution in [-0.4, -0.2) is 77.4 Å². The number of thiazole rings is 1. The Balaban J connectivity index is 1.54. The predicted molar refractivity (Wildman–Crippen MR) is 133 cm³/mol. The molecule has 0 radical (unpaired) electrons. The summed E-state index contributed by atoms with van der Waals surface area (Å²) >= 11 is 1.17. The number of halogens is 1. The molecule has 1 aromatic carbocycles. The molecule has 1 spiro atoms. The number of hydrogen-bond donors (Lipinski definition) is 1. The lowest BCUT2D eigenvalue weighted by molar-refractivity contribution is -0.158. The molecule has 3 aliphatic heterocycles. The molecule has 3 aromatic rings. The number of rotatable bonds is 2. The van der Waals surface area contributed by atoms with E-state index in [-0.39, 0.29) is 47.6 Å². The first-order valence-electron chi connectivity index (χ1n) is 12.1. The summed E-state index contributed by atoms with van der Waals surface area (Å²) in [7, 11) is 3.22. The Morgan fingerprint density at radius 3 is 2.76 bits per heavy atom. The van der Waals surface area contributed by atoms with Crippen LogP contribution in [0.15, 0.2) is 16.0 Å². The van der Waals surface area contributed by atoms with Crippen LogP contribution in [0.4, 0.5) is 10.1 Å². The summed E-state index contributed by atoms with van der Waals surface area (Å²) < 4.78 is 27.7. The van der Waals surface area contributed by atoms with Gasteiger partial charge in [-0.15, -0.1) is 11.3 Å². The molecule has 5 heterocycles. The number of aromatic nitrogens is 2. The Morgan fingerprint density at radius 2 is 2.05 bits per heavy atom. The van der Waals surface area contributed by atoms with Gasteiger partial charge in [-0.25, -0.2) is 9.37 Å². The molecule has 198 valence electrons. The number of ketones is 1. The van der Waals surface area contributed by atoms with E-state index in [1.165, 1.54) is 16.2 Å². The number of piperidine rings is 1. The zero-order valence-corrected chi connectivity index (χ0v) is 21.8. The van der Waals surface area contributed by atoms with Crippen LogP contribution in [-0.2, 0) is 25.5 Å². The summed E-state index contributed by atoms with van der Waals surface area (Å²) in [6.07, 6.45) is -1.48. The van der Waals surface area contributed by atoms with Gasteiger partial charge in [0.05, 0.1) is 35.7 Å². The van der Waals surface area contributed by atoms with Crippen LogP contribution in [0.3, 0.4) is 0 Å². The summed E-state index contributed by atoms with van der Waals surface area (Å²) in [6, 6.07) is 0.841. The normalized spacial score (nSPS) is 26.9. The second-order valence-corrected chi connectivity index (χ2v) is 11.1. The van der Waals surface area contributed by atoms with Crippen LogP contribution in [0, 0.1) is 11.2 Å². The number of carbonyl (C=O) groups excluding carboxylic acids is 4. The number of nitrogens with one attached hydrogen (secondary N) is 1. The number of imide groups is 1. The van der Waals surface area contributed by atoms with Crippen LogP contribution in [0.25, 0.3) is 21.7 Å². The quantitative estimate of drug-likeness (QED) is 0.381. The third-order valence-electron chi connectivity index (χ3n) is 7.51. The number of fused-ring (bicyclic) bond motifs is 5. The van der Waals surface area contributed by atoms with Gasteiger partial charge in [0, 0.05) is 26.0 Å². The molecule has 1 N–H and O–H groups in total. The highest BCUT2D eigenvalue weighted by molar-refractivity contribution is 7.13. The number of nitrogens with zero attached hydrogens (tertiary/aromatic N) is 4. The summed E-state index contributed by atoms with van der Waals surface area (Å²) in [5, 5.41) is 8.65. The van der Waals surface area contributed by atoms with Crippen molar-refractivity contribution in [3.8, 4) is 10.7 Å². The van der Waals surface area contributed by atoms with E-state index < -0.39 is 47.4 Å². The molecule has 13 heteroatoms. The van der Waals surface area contributed by atoms with E-state index in [1.807, 2.05) is 6.92 Å². The number of hydrogen-bond acceptors (Lipinski definition) is 10. The largest absolute Gasteiger partial charge is 0.372 e. The summed E-state index contributed by atoms with van der Waals surface area (Å²) in [5.41, 5.74) is -0.625. The number of ether oxygens (including phenoxy) is 1. The topological polar surface area (TPSA) is 135 Å². The van der Waals surface area contributed by atoms with Crippen molar-refractivity contribution in [1.29, 1.82) is 0 Å². The van der Waals surface area contributed by atoms with E-state index in [2.05, 4.69) is 15.5 Å². The minimum absolute atomic E-state index is 0.0921. The van der Waals surface area contributed by atoms with E-state index in [4.69, 9.17) is 9.26 Å². The van der Waals surface area contributed by atoms with Gasteiger partial charge in [-0.05, 0) is 31.9 Å². The van der Waals surface area contributed by atoms with Crippen LogP contribution >= 0.6 is 11.3 Å². The molecule has 4 atom stereocenters. The first-order chi connectivity index (χ1) is 18.0. The smallest absolute Gasteiger partial charge is 0.272 e. The highest BCUT2D eigenvalue weighted by atomic mass is 32.1. The predicted octanol–water partition coefficient (Wildman–Crippen LogP) is 1.93. The molecular formula is C25H24FN5O6S. The average molecular weight is 542 g/mol. The molecule has 3 amide bonds. The minimum atomic E-state index is -1.63. The molecule has 2 fully saturated rings. The van der Waals surface area contributed by atoms with Crippen molar-refractivity contribution in [2.75, 3.05) is 25.5 Å². The second kappa shape index (κ2) is 8.40. The van der Waals surface area contributed by atoms with Crippen molar-refractivity contribution in [3.63, 3.8) is 0 Å². The van der Waals surface area contributed by atoms with Gasteiger partial charge in [0.2, 0.25) is 17.4 Å². The van der Waals surface area contributed by atoms with Crippen LogP contribution in [0.5, 0.6) is 0 Å². The Labute approximate surface area is 219 Å². The fourth-order valence-electron chi connectivity index (χ4n) is 6.01. The summed E-state index contributed by atoms with van der Waals surface area (Å²) in [5.74, 6) is -2.84. The van der Waals surface area contributed by atoms with Crippen molar-refractivity contribution >= 4 is 51.5 Å². The minimum Gasteiger partial charge on any atom is -0.372 e. The van der Waals surface area contributed by atoms with Gasteiger partial charge in [0.1, 0.15) is 16.1 Å². The third-order valence-corrected chi connectivity index (χ3v) is 8.36. The number of benzene rings is 1. The van der Waals surface area contributed by atoms with Crippen LogP contribution < -0.4 is 10.2 Å². The Hall–Kier alpha value is -3.71. The fraction of sp³-hybridized carbons (Fsp3) is 0.440. The van der Waals surface area contributed by atoms with E-state index in [0.717, 1.165) is 0 Å². The number of anilines is 1. The van der Waals surface area contributed by atoms with E-state index in [1.54, 1.807) is 37.4 Å². The average Bonchev–Trinajstić information content (AvgIpc) is 3.48. The van der Waals surface area contributed by atoms with Crippen molar-refractivity contribution in [3.05, 3.63) is 28.5 Å².